The molecule has 1 amide bonds. The zero-order chi connectivity index (χ0) is 14.3. The summed E-state index contributed by atoms with van der Waals surface area (Å²) in [6.45, 7) is 4.39. The number of amides is 1. The van der Waals surface area contributed by atoms with Crippen LogP contribution in [0.25, 0.3) is 0 Å². The van der Waals surface area contributed by atoms with Crippen LogP contribution in [0.4, 0.5) is 8.78 Å². The summed E-state index contributed by atoms with van der Waals surface area (Å²) in [5, 5.41) is 9.05. The fraction of sp³-hybridized carbons (Fsp3) is 0.727. The van der Waals surface area contributed by atoms with E-state index in [9.17, 15) is 13.6 Å². The first-order valence-electron chi connectivity index (χ1n) is 5.94. The Morgan fingerprint density at radius 3 is 2.70 bits per heavy atom. The van der Waals surface area contributed by atoms with E-state index in [1.54, 1.807) is 13.8 Å². The predicted octanol–water partition coefficient (Wildman–Crippen LogP) is 1.53. The van der Waals surface area contributed by atoms with Gasteiger partial charge < -0.3 is 9.84 Å². The van der Waals surface area contributed by atoms with E-state index >= 15 is 0 Å². The standard InChI is InChI=1S/C11H16F2N4O2.ClH/c1-6(18)16-10(2,3)9-15-8(19-17-9)7-4-11(12,13)5-14-7;/h7,14H,4-5H2,1-3H3,(H,16,18);1H. The number of carbonyl (C=O) groups is 1. The number of alkyl halides is 2. The number of rotatable bonds is 3. The number of aromatic nitrogens is 2. The van der Waals surface area contributed by atoms with Crippen molar-refractivity contribution in [3.05, 3.63) is 11.7 Å². The molecule has 20 heavy (non-hydrogen) atoms. The number of nitrogens with zero attached hydrogens (tertiary/aromatic N) is 2. The number of hydrogen-bond acceptors (Lipinski definition) is 5. The largest absolute Gasteiger partial charge is 0.344 e. The Morgan fingerprint density at radius 1 is 1.55 bits per heavy atom. The van der Waals surface area contributed by atoms with Crippen LogP contribution in [0.1, 0.15) is 44.9 Å². The molecule has 0 aliphatic carbocycles. The smallest absolute Gasteiger partial charge is 0.262 e. The quantitative estimate of drug-likeness (QED) is 0.885. The average Bonchev–Trinajstić information content (AvgIpc) is 2.82. The van der Waals surface area contributed by atoms with E-state index in [0.29, 0.717) is 0 Å². The molecule has 1 atom stereocenters. The van der Waals surface area contributed by atoms with Crippen LogP contribution in [-0.2, 0) is 10.3 Å². The lowest BCUT2D eigenvalue weighted by atomic mass is 10.1. The van der Waals surface area contributed by atoms with Crippen LogP contribution in [0, 0.1) is 0 Å². The van der Waals surface area contributed by atoms with Crippen molar-refractivity contribution in [2.24, 2.45) is 0 Å². The van der Waals surface area contributed by atoms with E-state index in [-0.39, 0.29) is 36.5 Å². The summed E-state index contributed by atoms with van der Waals surface area (Å²) in [6, 6.07) is -0.649. The highest BCUT2D eigenvalue weighted by Crippen LogP contribution is 2.33. The van der Waals surface area contributed by atoms with Crippen LogP contribution in [0.5, 0.6) is 0 Å². The molecule has 114 valence electrons. The van der Waals surface area contributed by atoms with Crippen molar-refractivity contribution >= 4 is 18.3 Å². The molecule has 9 heteroatoms. The van der Waals surface area contributed by atoms with Gasteiger partial charge in [0, 0.05) is 13.3 Å². The van der Waals surface area contributed by atoms with Crippen molar-refractivity contribution in [3.8, 4) is 0 Å². The van der Waals surface area contributed by atoms with E-state index in [1.807, 2.05) is 0 Å². The van der Waals surface area contributed by atoms with Gasteiger partial charge in [0.15, 0.2) is 5.82 Å². The Labute approximate surface area is 121 Å². The summed E-state index contributed by atoms with van der Waals surface area (Å²) in [7, 11) is 0. The minimum absolute atomic E-state index is 0. The van der Waals surface area contributed by atoms with Gasteiger partial charge in [0.25, 0.3) is 5.92 Å². The minimum atomic E-state index is -2.76. The molecule has 0 radical (unpaired) electrons. The molecule has 0 saturated carbocycles. The van der Waals surface area contributed by atoms with Gasteiger partial charge in [0.1, 0.15) is 0 Å². The summed E-state index contributed by atoms with van der Waals surface area (Å²) in [6.07, 6.45) is -0.366. The van der Waals surface area contributed by atoms with Crippen molar-refractivity contribution in [2.45, 2.75) is 44.7 Å². The summed E-state index contributed by atoms with van der Waals surface area (Å²) < 4.78 is 31.2. The van der Waals surface area contributed by atoms with E-state index in [0.717, 1.165) is 0 Å². The lowest BCUT2D eigenvalue weighted by Gasteiger charge is -2.20. The normalized spacial score (nSPS) is 21.4. The van der Waals surface area contributed by atoms with Gasteiger partial charge in [-0.3, -0.25) is 10.1 Å². The maximum absolute atomic E-state index is 13.1. The summed E-state index contributed by atoms with van der Waals surface area (Å²) in [4.78, 5) is 15.2. The third kappa shape index (κ3) is 3.63. The Hall–Kier alpha value is -1.28. The molecule has 0 aromatic carbocycles. The Morgan fingerprint density at radius 2 is 2.20 bits per heavy atom. The molecule has 1 aliphatic rings. The van der Waals surface area contributed by atoms with Gasteiger partial charge in [0.05, 0.1) is 18.1 Å². The van der Waals surface area contributed by atoms with Crippen LogP contribution >= 0.6 is 12.4 Å². The van der Waals surface area contributed by atoms with Crippen molar-refractivity contribution in [3.63, 3.8) is 0 Å². The number of nitrogens with one attached hydrogen (secondary N) is 2. The van der Waals surface area contributed by atoms with Gasteiger partial charge in [0.2, 0.25) is 11.8 Å². The molecular formula is C11H17ClF2N4O2. The lowest BCUT2D eigenvalue weighted by Crippen LogP contribution is -2.40. The zero-order valence-corrected chi connectivity index (χ0v) is 12.2. The molecule has 1 aromatic heterocycles. The van der Waals surface area contributed by atoms with Crippen LogP contribution in [0.15, 0.2) is 4.52 Å². The highest BCUT2D eigenvalue weighted by atomic mass is 35.5. The highest BCUT2D eigenvalue weighted by molar-refractivity contribution is 5.85. The molecule has 1 saturated heterocycles. The summed E-state index contributed by atoms with van der Waals surface area (Å²) >= 11 is 0. The predicted molar refractivity (Wildman–Crippen MR) is 68.7 cm³/mol. The van der Waals surface area contributed by atoms with Crippen molar-refractivity contribution in [1.29, 1.82) is 0 Å². The minimum Gasteiger partial charge on any atom is -0.344 e. The fourth-order valence-corrected chi connectivity index (χ4v) is 2.02. The first-order chi connectivity index (χ1) is 8.70. The molecule has 6 nitrogen and oxygen atoms in total. The molecule has 2 N–H and O–H groups in total. The number of halogens is 3. The average molecular weight is 311 g/mol. The molecule has 1 unspecified atom stereocenters. The molecule has 0 bridgehead atoms. The van der Waals surface area contributed by atoms with Gasteiger partial charge in [-0.2, -0.15) is 4.98 Å². The van der Waals surface area contributed by atoms with Gasteiger partial charge in [-0.05, 0) is 13.8 Å². The fourth-order valence-electron chi connectivity index (χ4n) is 2.02. The SMILES string of the molecule is CC(=O)NC(C)(C)c1noc(C2CC(F)(F)CN2)n1.Cl. The van der Waals surface area contributed by atoms with Crippen molar-refractivity contribution in [1.82, 2.24) is 20.8 Å². The molecule has 1 fully saturated rings. The van der Waals surface area contributed by atoms with Crippen LogP contribution in [0.2, 0.25) is 0 Å². The maximum atomic E-state index is 13.1. The van der Waals surface area contributed by atoms with Gasteiger partial charge >= 0.3 is 0 Å². The van der Waals surface area contributed by atoms with Crippen molar-refractivity contribution < 1.29 is 18.1 Å². The Balaban J connectivity index is 0.00000200. The summed E-state index contributed by atoms with van der Waals surface area (Å²) in [5.74, 6) is -2.62. The molecule has 1 aliphatic heterocycles. The van der Waals surface area contributed by atoms with E-state index in [4.69, 9.17) is 4.52 Å². The Kier molecular flexibility index (Phi) is 4.70. The second kappa shape index (κ2) is 5.61. The first kappa shape index (κ1) is 16.8. The van der Waals surface area contributed by atoms with Crippen LogP contribution in [-0.4, -0.2) is 28.5 Å². The van der Waals surface area contributed by atoms with Gasteiger partial charge in [-0.25, -0.2) is 8.78 Å². The topological polar surface area (TPSA) is 80.0 Å². The zero-order valence-electron chi connectivity index (χ0n) is 11.4. The third-order valence-corrected chi connectivity index (χ3v) is 2.90. The monoisotopic (exact) mass is 310 g/mol. The van der Waals surface area contributed by atoms with Crippen LogP contribution < -0.4 is 10.6 Å². The highest BCUT2D eigenvalue weighted by Gasteiger charge is 2.42. The second-order valence-electron chi connectivity index (χ2n) is 5.26. The molecule has 0 spiro atoms. The molecular weight excluding hydrogens is 294 g/mol. The number of hydrogen-bond donors (Lipinski definition) is 2. The third-order valence-electron chi connectivity index (χ3n) is 2.90. The number of carbonyl (C=O) groups excluding carboxylic acids is 1. The summed E-state index contributed by atoms with van der Waals surface area (Å²) in [5.41, 5.74) is -0.811. The van der Waals surface area contributed by atoms with Gasteiger partial charge in [-0.1, -0.05) is 5.16 Å². The van der Waals surface area contributed by atoms with E-state index in [1.165, 1.54) is 6.92 Å². The van der Waals surface area contributed by atoms with Crippen molar-refractivity contribution in [2.75, 3.05) is 6.54 Å². The van der Waals surface area contributed by atoms with Crippen LogP contribution in [0.3, 0.4) is 0 Å². The second-order valence-corrected chi connectivity index (χ2v) is 5.26. The Bertz CT molecular complexity index is 493. The maximum Gasteiger partial charge on any atom is 0.262 e. The van der Waals surface area contributed by atoms with E-state index < -0.39 is 24.0 Å². The first-order valence-corrected chi connectivity index (χ1v) is 5.94. The molecule has 1 aromatic rings. The van der Waals surface area contributed by atoms with Gasteiger partial charge in [-0.15, -0.1) is 12.4 Å². The molecule has 2 rings (SSSR count). The lowest BCUT2D eigenvalue weighted by molar-refractivity contribution is -0.120. The molecule has 2 heterocycles. The van der Waals surface area contributed by atoms with E-state index in [2.05, 4.69) is 20.8 Å².